The van der Waals surface area contributed by atoms with E-state index in [9.17, 15) is 0 Å². The normalized spacial score (nSPS) is 24.2. The van der Waals surface area contributed by atoms with Gasteiger partial charge in [0, 0.05) is 37.7 Å². The van der Waals surface area contributed by atoms with E-state index in [1.807, 2.05) is 18.5 Å². The van der Waals surface area contributed by atoms with Gasteiger partial charge in [0.05, 0.1) is 6.10 Å². The van der Waals surface area contributed by atoms with Crippen molar-refractivity contribution in [2.45, 2.75) is 65.6 Å². The maximum atomic E-state index is 5.75. The Kier molecular flexibility index (Phi) is 6.58. The lowest BCUT2D eigenvalue weighted by Crippen LogP contribution is -2.72. The molecule has 0 saturated carbocycles. The summed E-state index contributed by atoms with van der Waals surface area (Å²) in [4.78, 5) is 7.23. The van der Waals surface area contributed by atoms with E-state index in [-0.39, 0.29) is 34.9 Å². The number of nitrogens with one attached hydrogen (secondary N) is 1. The summed E-state index contributed by atoms with van der Waals surface area (Å²) in [5, 5.41) is 11.9. The molecule has 1 aromatic heterocycles. The van der Waals surface area contributed by atoms with Crippen LogP contribution in [0.3, 0.4) is 0 Å². The van der Waals surface area contributed by atoms with Gasteiger partial charge in [-0.15, -0.1) is 34.2 Å². The van der Waals surface area contributed by atoms with Gasteiger partial charge in [-0.05, 0) is 33.6 Å². The van der Waals surface area contributed by atoms with E-state index >= 15 is 0 Å². The van der Waals surface area contributed by atoms with Crippen LogP contribution in [0.2, 0.25) is 0 Å². The van der Waals surface area contributed by atoms with E-state index in [0.29, 0.717) is 12.6 Å². The lowest BCUT2D eigenvalue weighted by molar-refractivity contribution is -0.0672. The van der Waals surface area contributed by atoms with Crippen LogP contribution in [0.1, 0.15) is 52.2 Å². The monoisotopic (exact) mass is 476 g/mol. The fourth-order valence-corrected chi connectivity index (χ4v) is 3.38. The SMILES string of the molecule is Cc1nnc(CN=C(NCC2CCCO2)N2CC(C)(C)C2(C)C)n1C.I. The van der Waals surface area contributed by atoms with Crippen molar-refractivity contribution in [3.05, 3.63) is 11.6 Å². The number of ether oxygens (including phenoxy) is 1. The van der Waals surface area contributed by atoms with Gasteiger partial charge in [-0.1, -0.05) is 13.8 Å². The topological polar surface area (TPSA) is 67.6 Å². The lowest BCUT2D eigenvalue weighted by atomic mass is 9.65. The zero-order valence-electron chi connectivity index (χ0n) is 16.9. The number of aliphatic imine (C=N–C) groups is 1. The third-order valence-electron chi connectivity index (χ3n) is 6.20. The van der Waals surface area contributed by atoms with Crippen LogP contribution in [-0.4, -0.2) is 57.0 Å². The molecular weight excluding hydrogens is 443 g/mol. The summed E-state index contributed by atoms with van der Waals surface area (Å²) in [6.07, 6.45) is 2.57. The van der Waals surface area contributed by atoms with Gasteiger partial charge in [-0.25, -0.2) is 4.99 Å². The minimum atomic E-state index is 0. The Labute approximate surface area is 174 Å². The molecule has 1 aromatic rings. The van der Waals surface area contributed by atoms with Crippen LogP contribution in [0.25, 0.3) is 0 Å². The molecule has 0 bridgehead atoms. The highest BCUT2D eigenvalue weighted by atomic mass is 127. The molecule has 26 heavy (non-hydrogen) atoms. The number of aryl methyl sites for hydroxylation is 1. The van der Waals surface area contributed by atoms with Gasteiger partial charge in [0.15, 0.2) is 11.8 Å². The first-order valence-corrected chi connectivity index (χ1v) is 9.25. The Morgan fingerprint density at radius 3 is 2.54 bits per heavy atom. The number of halogens is 1. The summed E-state index contributed by atoms with van der Waals surface area (Å²) < 4.78 is 7.74. The number of likely N-dealkylation sites (tertiary alicyclic amines) is 1. The van der Waals surface area contributed by atoms with Crippen molar-refractivity contribution < 1.29 is 4.74 Å². The van der Waals surface area contributed by atoms with Crippen LogP contribution < -0.4 is 5.32 Å². The number of nitrogens with zero attached hydrogens (tertiary/aromatic N) is 5. The predicted molar refractivity (Wildman–Crippen MR) is 114 cm³/mol. The third kappa shape index (κ3) is 4.00. The average Bonchev–Trinajstić information content (AvgIpc) is 3.18. The Morgan fingerprint density at radius 2 is 2.04 bits per heavy atom. The Hall–Kier alpha value is -0.900. The van der Waals surface area contributed by atoms with Gasteiger partial charge in [0.2, 0.25) is 0 Å². The average molecular weight is 476 g/mol. The molecule has 1 unspecified atom stereocenters. The van der Waals surface area contributed by atoms with Gasteiger partial charge < -0.3 is 19.5 Å². The van der Waals surface area contributed by atoms with Crippen LogP contribution in [0.4, 0.5) is 0 Å². The third-order valence-corrected chi connectivity index (χ3v) is 6.20. The summed E-state index contributed by atoms with van der Waals surface area (Å²) >= 11 is 0. The Morgan fingerprint density at radius 1 is 1.31 bits per heavy atom. The van der Waals surface area contributed by atoms with Crippen molar-refractivity contribution in [1.82, 2.24) is 25.0 Å². The van der Waals surface area contributed by atoms with Gasteiger partial charge in [0.25, 0.3) is 0 Å². The van der Waals surface area contributed by atoms with E-state index in [2.05, 4.69) is 48.1 Å². The second kappa shape index (κ2) is 8.00. The van der Waals surface area contributed by atoms with Crippen molar-refractivity contribution in [2.75, 3.05) is 19.7 Å². The van der Waals surface area contributed by atoms with Gasteiger partial charge in [0.1, 0.15) is 12.4 Å². The fraction of sp³-hybridized carbons (Fsp3) is 0.833. The summed E-state index contributed by atoms with van der Waals surface area (Å²) in [6, 6.07) is 0. The highest BCUT2D eigenvalue weighted by molar-refractivity contribution is 14.0. The molecular formula is C18H33IN6O. The number of aromatic nitrogens is 3. The first-order valence-electron chi connectivity index (χ1n) is 9.25. The smallest absolute Gasteiger partial charge is 0.194 e. The summed E-state index contributed by atoms with van der Waals surface area (Å²) in [7, 11) is 1.98. The molecule has 3 heterocycles. The number of guanidine groups is 1. The molecule has 2 aliphatic heterocycles. The molecule has 1 atom stereocenters. The highest BCUT2D eigenvalue weighted by Crippen LogP contribution is 2.46. The Balaban J connectivity index is 0.00000243. The van der Waals surface area contributed by atoms with Crippen LogP contribution in [-0.2, 0) is 18.3 Å². The first kappa shape index (κ1) is 21.4. The molecule has 1 N–H and O–H groups in total. The summed E-state index contributed by atoms with van der Waals surface area (Å²) in [5.41, 5.74) is 0.325. The molecule has 2 saturated heterocycles. The van der Waals surface area contributed by atoms with E-state index in [1.54, 1.807) is 0 Å². The van der Waals surface area contributed by atoms with E-state index < -0.39 is 0 Å². The standard InChI is InChI=1S/C18H32N6O.HI/c1-13-21-22-15(23(13)6)11-20-16(19-10-14-8-7-9-25-14)24-12-17(2,3)18(24,4)5;/h14H,7-12H2,1-6H3,(H,19,20);1H. The molecule has 3 rings (SSSR count). The minimum absolute atomic E-state index is 0. The molecule has 0 spiro atoms. The van der Waals surface area contributed by atoms with E-state index in [4.69, 9.17) is 9.73 Å². The molecule has 0 amide bonds. The van der Waals surface area contributed by atoms with Crippen molar-refractivity contribution >= 4 is 29.9 Å². The zero-order chi connectivity index (χ0) is 18.2. The zero-order valence-corrected chi connectivity index (χ0v) is 19.2. The lowest BCUT2D eigenvalue weighted by Gasteiger charge is -2.62. The quantitative estimate of drug-likeness (QED) is 0.411. The van der Waals surface area contributed by atoms with E-state index in [0.717, 1.165) is 50.1 Å². The molecule has 2 aliphatic rings. The molecule has 0 aromatic carbocycles. The molecule has 148 valence electrons. The fourth-order valence-electron chi connectivity index (χ4n) is 3.38. The van der Waals surface area contributed by atoms with Crippen LogP contribution in [0.5, 0.6) is 0 Å². The van der Waals surface area contributed by atoms with E-state index in [1.165, 1.54) is 0 Å². The number of rotatable bonds is 4. The maximum Gasteiger partial charge on any atom is 0.194 e. The predicted octanol–water partition coefficient (Wildman–Crippen LogP) is 2.49. The van der Waals surface area contributed by atoms with Gasteiger partial charge in [-0.3, -0.25) is 0 Å². The maximum absolute atomic E-state index is 5.75. The van der Waals surface area contributed by atoms with Crippen molar-refractivity contribution in [3.8, 4) is 0 Å². The molecule has 0 aliphatic carbocycles. The number of hydrogen-bond acceptors (Lipinski definition) is 4. The van der Waals surface area contributed by atoms with Gasteiger partial charge in [-0.2, -0.15) is 0 Å². The van der Waals surface area contributed by atoms with Crippen LogP contribution in [0, 0.1) is 12.3 Å². The molecule has 8 heteroatoms. The molecule has 2 fully saturated rings. The molecule has 7 nitrogen and oxygen atoms in total. The van der Waals surface area contributed by atoms with Crippen molar-refractivity contribution in [1.29, 1.82) is 0 Å². The highest BCUT2D eigenvalue weighted by Gasteiger charge is 2.53. The number of hydrogen-bond donors (Lipinski definition) is 1. The van der Waals surface area contributed by atoms with Crippen molar-refractivity contribution in [3.63, 3.8) is 0 Å². The Bertz CT molecular complexity index is 648. The van der Waals surface area contributed by atoms with Crippen molar-refractivity contribution in [2.24, 2.45) is 17.5 Å². The van der Waals surface area contributed by atoms with Crippen LogP contribution >= 0.6 is 24.0 Å². The largest absolute Gasteiger partial charge is 0.376 e. The van der Waals surface area contributed by atoms with Gasteiger partial charge >= 0.3 is 0 Å². The van der Waals surface area contributed by atoms with Crippen LogP contribution in [0.15, 0.2) is 4.99 Å². The molecule has 0 radical (unpaired) electrons. The first-order chi connectivity index (χ1) is 11.7. The summed E-state index contributed by atoms with van der Waals surface area (Å²) in [5.74, 6) is 2.73. The second-order valence-corrected chi connectivity index (χ2v) is 8.41. The summed E-state index contributed by atoms with van der Waals surface area (Å²) in [6.45, 7) is 14.4. The minimum Gasteiger partial charge on any atom is -0.376 e. The second-order valence-electron chi connectivity index (χ2n) is 8.41.